The van der Waals surface area contributed by atoms with Gasteiger partial charge in [-0.15, -0.1) is 0 Å². The van der Waals surface area contributed by atoms with Gasteiger partial charge in [-0.2, -0.15) is 5.10 Å². The highest BCUT2D eigenvalue weighted by Gasteiger charge is 2.16. The van der Waals surface area contributed by atoms with Crippen LogP contribution in [0.3, 0.4) is 0 Å². The first kappa shape index (κ1) is 15.8. The fraction of sp³-hybridized carbons (Fsp3) is 0.312. The van der Waals surface area contributed by atoms with Crippen LogP contribution in [0.25, 0.3) is 5.69 Å². The Morgan fingerprint density at radius 1 is 1.23 bits per heavy atom. The molecule has 2 aromatic rings. The molecule has 0 aliphatic rings. The summed E-state index contributed by atoms with van der Waals surface area (Å²) in [6, 6.07) is 8.60. The van der Waals surface area contributed by atoms with Gasteiger partial charge in [0.05, 0.1) is 11.4 Å². The maximum absolute atomic E-state index is 12.2. The smallest absolute Gasteiger partial charge is 0.356 e. The van der Waals surface area contributed by atoms with E-state index in [-0.39, 0.29) is 17.5 Å². The minimum Gasteiger partial charge on any atom is -0.476 e. The first-order valence-corrected chi connectivity index (χ1v) is 7.26. The van der Waals surface area contributed by atoms with Crippen LogP contribution in [0.4, 0.5) is 5.69 Å². The van der Waals surface area contributed by atoms with Gasteiger partial charge in [-0.3, -0.25) is 4.79 Å². The Morgan fingerprint density at radius 3 is 2.50 bits per heavy atom. The molecule has 0 spiro atoms. The predicted molar refractivity (Wildman–Crippen MR) is 83.2 cm³/mol. The number of nitrogens with one attached hydrogen (secondary N) is 1. The van der Waals surface area contributed by atoms with Crippen LogP contribution in [0.2, 0.25) is 0 Å². The third-order valence-corrected chi connectivity index (χ3v) is 3.57. The number of para-hydroxylation sites is 2. The van der Waals surface area contributed by atoms with E-state index in [1.54, 1.807) is 18.3 Å². The van der Waals surface area contributed by atoms with E-state index in [0.717, 1.165) is 12.8 Å². The molecule has 1 amide bonds. The van der Waals surface area contributed by atoms with Crippen LogP contribution < -0.4 is 5.32 Å². The van der Waals surface area contributed by atoms with Crippen molar-refractivity contribution < 1.29 is 14.7 Å². The van der Waals surface area contributed by atoms with Crippen LogP contribution in [0.15, 0.2) is 36.5 Å². The van der Waals surface area contributed by atoms with Crippen molar-refractivity contribution in [2.45, 2.75) is 26.7 Å². The lowest BCUT2D eigenvalue weighted by Crippen LogP contribution is -2.22. The van der Waals surface area contributed by atoms with Gasteiger partial charge in [0.15, 0.2) is 5.69 Å². The number of rotatable bonds is 6. The quantitative estimate of drug-likeness (QED) is 0.859. The number of hydrogen-bond donors (Lipinski definition) is 2. The van der Waals surface area contributed by atoms with Gasteiger partial charge in [0.1, 0.15) is 0 Å². The van der Waals surface area contributed by atoms with Gasteiger partial charge in [0.2, 0.25) is 5.91 Å². The Labute approximate surface area is 128 Å². The molecule has 0 unspecified atom stereocenters. The molecule has 1 aromatic heterocycles. The molecule has 0 atom stereocenters. The second-order valence-corrected chi connectivity index (χ2v) is 4.97. The standard InChI is InChI=1S/C16H19N3O3/c1-3-11(4-2)15(20)17-12-7-5-6-8-14(12)19-10-9-13(18-19)16(21)22/h5-11H,3-4H2,1-2H3,(H,17,20)(H,21,22). The summed E-state index contributed by atoms with van der Waals surface area (Å²) in [5, 5.41) is 15.9. The topological polar surface area (TPSA) is 84.2 Å². The van der Waals surface area contributed by atoms with E-state index in [9.17, 15) is 9.59 Å². The van der Waals surface area contributed by atoms with Crippen molar-refractivity contribution in [2.24, 2.45) is 5.92 Å². The van der Waals surface area contributed by atoms with E-state index in [1.807, 2.05) is 26.0 Å². The summed E-state index contributed by atoms with van der Waals surface area (Å²) in [7, 11) is 0. The molecule has 0 aliphatic heterocycles. The number of amides is 1. The molecule has 22 heavy (non-hydrogen) atoms. The molecule has 0 saturated heterocycles. The largest absolute Gasteiger partial charge is 0.476 e. The first-order valence-electron chi connectivity index (χ1n) is 7.26. The van der Waals surface area contributed by atoms with E-state index in [1.165, 1.54) is 10.7 Å². The molecular weight excluding hydrogens is 282 g/mol. The number of aromatic carboxylic acids is 1. The maximum atomic E-state index is 12.2. The van der Waals surface area contributed by atoms with Gasteiger partial charge in [-0.25, -0.2) is 9.48 Å². The molecule has 0 radical (unpaired) electrons. The Bertz CT molecular complexity index is 675. The van der Waals surface area contributed by atoms with Crippen LogP contribution in [-0.4, -0.2) is 26.8 Å². The lowest BCUT2D eigenvalue weighted by molar-refractivity contribution is -0.120. The van der Waals surface area contributed by atoms with Crippen LogP contribution in [-0.2, 0) is 4.79 Å². The Hall–Kier alpha value is -2.63. The van der Waals surface area contributed by atoms with E-state index in [0.29, 0.717) is 11.4 Å². The molecule has 0 fully saturated rings. The van der Waals surface area contributed by atoms with E-state index in [4.69, 9.17) is 5.11 Å². The molecule has 2 N–H and O–H groups in total. The van der Waals surface area contributed by atoms with Crippen molar-refractivity contribution in [3.8, 4) is 5.69 Å². The van der Waals surface area contributed by atoms with Crippen LogP contribution in [0, 0.1) is 5.92 Å². The third kappa shape index (κ3) is 3.33. The van der Waals surface area contributed by atoms with Crippen LogP contribution >= 0.6 is 0 Å². The number of hydrogen-bond acceptors (Lipinski definition) is 3. The lowest BCUT2D eigenvalue weighted by Gasteiger charge is -2.15. The zero-order chi connectivity index (χ0) is 16.1. The van der Waals surface area contributed by atoms with Crippen molar-refractivity contribution in [3.05, 3.63) is 42.2 Å². The van der Waals surface area contributed by atoms with Crippen LogP contribution in [0.1, 0.15) is 37.2 Å². The molecule has 0 aliphatic carbocycles. The van der Waals surface area contributed by atoms with Gasteiger partial charge >= 0.3 is 5.97 Å². The predicted octanol–water partition coefficient (Wildman–Crippen LogP) is 2.95. The molecule has 1 aromatic carbocycles. The maximum Gasteiger partial charge on any atom is 0.356 e. The van der Waals surface area contributed by atoms with E-state index >= 15 is 0 Å². The molecule has 6 heteroatoms. The number of nitrogens with zero attached hydrogens (tertiary/aromatic N) is 2. The van der Waals surface area contributed by atoms with Crippen molar-refractivity contribution in [1.82, 2.24) is 9.78 Å². The highest BCUT2D eigenvalue weighted by molar-refractivity contribution is 5.94. The number of carbonyl (C=O) groups excluding carboxylic acids is 1. The average molecular weight is 301 g/mol. The second-order valence-electron chi connectivity index (χ2n) is 4.97. The number of carbonyl (C=O) groups is 2. The molecule has 116 valence electrons. The van der Waals surface area contributed by atoms with Crippen molar-refractivity contribution in [2.75, 3.05) is 5.32 Å². The van der Waals surface area contributed by atoms with Crippen LogP contribution in [0.5, 0.6) is 0 Å². The third-order valence-electron chi connectivity index (χ3n) is 3.57. The van der Waals surface area contributed by atoms with Crippen molar-refractivity contribution >= 4 is 17.6 Å². The zero-order valence-electron chi connectivity index (χ0n) is 12.6. The monoisotopic (exact) mass is 301 g/mol. The summed E-state index contributed by atoms with van der Waals surface area (Å²) in [6.45, 7) is 3.96. The minimum atomic E-state index is -1.09. The highest BCUT2D eigenvalue weighted by atomic mass is 16.4. The number of carboxylic acids is 1. The number of anilines is 1. The zero-order valence-corrected chi connectivity index (χ0v) is 12.6. The molecule has 0 saturated carbocycles. The molecule has 6 nitrogen and oxygen atoms in total. The number of benzene rings is 1. The fourth-order valence-corrected chi connectivity index (χ4v) is 2.25. The van der Waals surface area contributed by atoms with Crippen molar-refractivity contribution in [3.63, 3.8) is 0 Å². The summed E-state index contributed by atoms with van der Waals surface area (Å²) in [6.07, 6.45) is 3.11. The molecule has 0 bridgehead atoms. The summed E-state index contributed by atoms with van der Waals surface area (Å²) in [5.41, 5.74) is 1.20. The van der Waals surface area contributed by atoms with E-state index in [2.05, 4.69) is 10.4 Å². The first-order chi connectivity index (χ1) is 10.6. The average Bonchev–Trinajstić information content (AvgIpc) is 2.99. The lowest BCUT2D eigenvalue weighted by atomic mass is 10.0. The fourth-order valence-electron chi connectivity index (χ4n) is 2.25. The van der Waals surface area contributed by atoms with Gasteiger partial charge in [-0.1, -0.05) is 26.0 Å². The van der Waals surface area contributed by atoms with Crippen molar-refractivity contribution in [1.29, 1.82) is 0 Å². The summed E-state index contributed by atoms with van der Waals surface area (Å²) in [5.74, 6) is -1.17. The summed E-state index contributed by atoms with van der Waals surface area (Å²) >= 11 is 0. The SMILES string of the molecule is CCC(CC)C(=O)Nc1ccccc1-n1ccc(C(=O)O)n1. The molecular formula is C16H19N3O3. The number of carboxylic acid groups (broad SMARTS) is 1. The molecule has 1 heterocycles. The summed E-state index contributed by atoms with van der Waals surface area (Å²) < 4.78 is 1.45. The second kappa shape index (κ2) is 6.89. The Balaban J connectivity index is 2.30. The summed E-state index contributed by atoms with van der Waals surface area (Å²) in [4.78, 5) is 23.2. The van der Waals surface area contributed by atoms with Gasteiger partial charge < -0.3 is 10.4 Å². The normalized spacial score (nSPS) is 10.7. The van der Waals surface area contributed by atoms with Gasteiger partial charge in [0.25, 0.3) is 0 Å². The minimum absolute atomic E-state index is 0.0388. The van der Waals surface area contributed by atoms with E-state index < -0.39 is 5.97 Å². The van der Waals surface area contributed by atoms with Gasteiger partial charge in [-0.05, 0) is 31.0 Å². The van der Waals surface area contributed by atoms with Gasteiger partial charge in [0, 0.05) is 12.1 Å². The molecule has 2 rings (SSSR count). The number of aromatic nitrogens is 2. The Kier molecular flexibility index (Phi) is 4.93. The highest BCUT2D eigenvalue weighted by Crippen LogP contribution is 2.21. The Morgan fingerprint density at radius 2 is 1.91 bits per heavy atom.